The molecule has 0 aliphatic carbocycles. The molecule has 2 nitrogen and oxygen atoms in total. The average Bonchev–Trinajstić information content (AvgIpc) is 2.46. The normalized spacial score (nSPS) is 11.3. The first-order valence-corrected chi connectivity index (χ1v) is 8.46. The molecule has 0 N–H and O–H groups in total. The van der Waals surface area contributed by atoms with Crippen LogP contribution in [0.2, 0.25) is 19.6 Å². The Bertz CT molecular complexity index is 361. The van der Waals surface area contributed by atoms with Crippen molar-refractivity contribution in [3.05, 3.63) is 18.2 Å². The number of rotatable bonds is 1. The highest BCUT2D eigenvalue weighted by molar-refractivity contribution is 6.83. The lowest BCUT2D eigenvalue weighted by atomic mass is 10.4. The van der Waals surface area contributed by atoms with E-state index in [4.69, 9.17) is 0 Å². The SMILES string of the molecule is CC(C)n1ccnc1C#C[Si](C)(C)C. The zero-order chi connectivity index (χ0) is 10.8. The van der Waals surface area contributed by atoms with E-state index < -0.39 is 8.07 Å². The summed E-state index contributed by atoms with van der Waals surface area (Å²) in [6.07, 6.45) is 3.80. The summed E-state index contributed by atoms with van der Waals surface area (Å²) in [7, 11) is -1.29. The van der Waals surface area contributed by atoms with E-state index in [0.29, 0.717) is 6.04 Å². The Balaban J connectivity index is 2.96. The molecule has 1 rings (SSSR count). The molecular formula is C11H18N2Si. The van der Waals surface area contributed by atoms with Crippen LogP contribution in [0.3, 0.4) is 0 Å². The van der Waals surface area contributed by atoms with Crippen LogP contribution in [-0.2, 0) is 0 Å². The summed E-state index contributed by atoms with van der Waals surface area (Å²) in [5, 5.41) is 0. The molecule has 0 aliphatic heterocycles. The fourth-order valence-corrected chi connectivity index (χ4v) is 1.56. The van der Waals surface area contributed by atoms with Gasteiger partial charge in [0.15, 0.2) is 5.82 Å². The van der Waals surface area contributed by atoms with Crippen molar-refractivity contribution in [1.82, 2.24) is 9.55 Å². The van der Waals surface area contributed by atoms with E-state index in [1.165, 1.54) is 0 Å². The lowest BCUT2D eigenvalue weighted by Gasteiger charge is -2.08. The molecule has 1 aromatic heterocycles. The van der Waals surface area contributed by atoms with Gasteiger partial charge in [-0.15, -0.1) is 5.54 Å². The van der Waals surface area contributed by atoms with Crippen molar-refractivity contribution in [1.29, 1.82) is 0 Å². The third-order valence-electron chi connectivity index (χ3n) is 1.77. The Morgan fingerprint density at radius 3 is 2.50 bits per heavy atom. The van der Waals surface area contributed by atoms with Crippen LogP contribution in [0.25, 0.3) is 0 Å². The second kappa shape index (κ2) is 4.01. The van der Waals surface area contributed by atoms with Crippen LogP contribution < -0.4 is 0 Å². The van der Waals surface area contributed by atoms with Gasteiger partial charge in [-0.3, -0.25) is 0 Å². The third kappa shape index (κ3) is 3.04. The van der Waals surface area contributed by atoms with Crippen molar-refractivity contribution in [2.75, 3.05) is 0 Å². The van der Waals surface area contributed by atoms with Gasteiger partial charge >= 0.3 is 0 Å². The minimum Gasteiger partial charge on any atom is -0.322 e. The van der Waals surface area contributed by atoms with Crippen molar-refractivity contribution in [3.8, 4) is 11.5 Å². The number of aromatic nitrogens is 2. The van der Waals surface area contributed by atoms with Crippen molar-refractivity contribution in [3.63, 3.8) is 0 Å². The Kier molecular flexibility index (Phi) is 3.17. The molecule has 3 heteroatoms. The number of hydrogen-bond acceptors (Lipinski definition) is 1. The lowest BCUT2D eigenvalue weighted by molar-refractivity contribution is 0.593. The van der Waals surface area contributed by atoms with Crippen LogP contribution in [0.1, 0.15) is 25.7 Å². The first-order chi connectivity index (χ1) is 6.40. The maximum Gasteiger partial charge on any atom is 0.184 e. The van der Waals surface area contributed by atoms with E-state index in [1.807, 2.05) is 12.4 Å². The molecule has 76 valence electrons. The molecule has 0 atom stereocenters. The van der Waals surface area contributed by atoms with Gasteiger partial charge in [-0.2, -0.15) is 0 Å². The first-order valence-electron chi connectivity index (χ1n) is 4.96. The molecule has 0 fully saturated rings. The van der Waals surface area contributed by atoms with E-state index >= 15 is 0 Å². The molecule has 0 unspecified atom stereocenters. The summed E-state index contributed by atoms with van der Waals surface area (Å²) >= 11 is 0. The van der Waals surface area contributed by atoms with Crippen LogP contribution in [0.4, 0.5) is 0 Å². The lowest BCUT2D eigenvalue weighted by Crippen LogP contribution is -2.16. The van der Waals surface area contributed by atoms with Crippen LogP contribution in [0.5, 0.6) is 0 Å². The molecule has 0 saturated carbocycles. The van der Waals surface area contributed by atoms with Crippen molar-refractivity contribution in [2.24, 2.45) is 0 Å². The summed E-state index contributed by atoms with van der Waals surface area (Å²) in [5.74, 6) is 4.07. The van der Waals surface area contributed by atoms with E-state index in [1.54, 1.807) is 0 Å². The Morgan fingerprint density at radius 1 is 1.36 bits per heavy atom. The van der Waals surface area contributed by atoms with Gasteiger partial charge < -0.3 is 4.57 Å². The van der Waals surface area contributed by atoms with Gasteiger partial charge in [0.1, 0.15) is 8.07 Å². The average molecular weight is 206 g/mol. The fourth-order valence-electron chi connectivity index (χ4n) is 1.07. The highest BCUT2D eigenvalue weighted by Crippen LogP contribution is 2.07. The molecule has 0 aromatic carbocycles. The second-order valence-electron chi connectivity index (χ2n) is 4.75. The van der Waals surface area contributed by atoms with Gasteiger partial charge in [0.2, 0.25) is 0 Å². The summed E-state index contributed by atoms with van der Waals surface area (Å²) in [4.78, 5) is 4.25. The van der Waals surface area contributed by atoms with Gasteiger partial charge in [-0.25, -0.2) is 4.98 Å². The van der Waals surface area contributed by atoms with Crippen LogP contribution in [-0.4, -0.2) is 17.6 Å². The smallest absolute Gasteiger partial charge is 0.184 e. The Labute approximate surface area is 87.4 Å². The highest BCUT2D eigenvalue weighted by Gasteiger charge is 2.09. The molecule has 14 heavy (non-hydrogen) atoms. The van der Waals surface area contributed by atoms with Crippen molar-refractivity contribution >= 4 is 8.07 Å². The van der Waals surface area contributed by atoms with E-state index in [9.17, 15) is 0 Å². The largest absolute Gasteiger partial charge is 0.322 e. The zero-order valence-corrected chi connectivity index (χ0v) is 10.6. The number of hydrogen-bond donors (Lipinski definition) is 0. The molecule has 0 saturated heterocycles. The standard InChI is InChI=1S/C11H18N2Si/c1-10(2)13-8-7-12-11(13)6-9-14(3,4)5/h7-8,10H,1-5H3. The Morgan fingerprint density at radius 2 is 2.00 bits per heavy atom. The number of nitrogens with zero attached hydrogens (tertiary/aromatic N) is 2. The van der Waals surface area contributed by atoms with Crippen molar-refractivity contribution in [2.45, 2.75) is 39.5 Å². The van der Waals surface area contributed by atoms with Crippen LogP contribution in [0, 0.1) is 11.5 Å². The number of imidazole rings is 1. The molecule has 0 amide bonds. The molecule has 1 heterocycles. The third-order valence-corrected chi connectivity index (χ3v) is 2.65. The summed E-state index contributed by atoms with van der Waals surface area (Å²) in [6.45, 7) is 11.0. The molecule has 1 aromatic rings. The molecule has 0 spiro atoms. The van der Waals surface area contributed by atoms with E-state index in [-0.39, 0.29) is 0 Å². The summed E-state index contributed by atoms with van der Waals surface area (Å²) in [5.41, 5.74) is 3.33. The van der Waals surface area contributed by atoms with Crippen molar-refractivity contribution < 1.29 is 0 Å². The van der Waals surface area contributed by atoms with Crippen LogP contribution in [0.15, 0.2) is 12.4 Å². The van der Waals surface area contributed by atoms with E-state index in [2.05, 4.69) is 54.5 Å². The zero-order valence-electron chi connectivity index (χ0n) is 9.63. The minimum absolute atomic E-state index is 0.434. The molecule has 0 radical (unpaired) electrons. The van der Waals surface area contributed by atoms with Gasteiger partial charge in [-0.1, -0.05) is 19.6 Å². The highest BCUT2D eigenvalue weighted by atomic mass is 28.3. The predicted molar refractivity (Wildman–Crippen MR) is 62.8 cm³/mol. The quantitative estimate of drug-likeness (QED) is 0.510. The van der Waals surface area contributed by atoms with Gasteiger partial charge in [-0.05, 0) is 19.8 Å². The molecule has 0 bridgehead atoms. The van der Waals surface area contributed by atoms with Gasteiger partial charge in [0.05, 0.1) is 0 Å². The van der Waals surface area contributed by atoms with Gasteiger partial charge in [0, 0.05) is 18.4 Å². The van der Waals surface area contributed by atoms with Crippen LogP contribution >= 0.6 is 0 Å². The van der Waals surface area contributed by atoms with E-state index in [0.717, 1.165) is 5.82 Å². The first kappa shape index (κ1) is 11.1. The molecule has 0 aliphatic rings. The molecular weight excluding hydrogens is 188 g/mol. The monoisotopic (exact) mass is 206 g/mol. The van der Waals surface area contributed by atoms with Gasteiger partial charge in [0.25, 0.3) is 0 Å². The predicted octanol–water partition coefficient (Wildman–Crippen LogP) is 2.69. The minimum atomic E-state index is -1.29. The summed E-state index contributed by atoms with van der Waals surface area (Å²) < 4.78 is 2.10. The second-order valence-corrected chi connectivity index (χ2v) is 9.50. The topological polar surface area (TPSA) is 17.8 Å². The maximum absolute atomic E-state index is 4.25. The fraction of sp³-hybridized carbons (Fsp3) is 0.545. The summed E-state index contributed by atoms with van der Waals surface area (Å²) in [6, 6.07) is 0.434. The Hall–Kier alpha value is -1.01. The maximum atomic E-state index is 4.25.